The maximum Gasteiger partial charge on any atom is 0.139 e. The van der Waals surface area contributed by atoms with Crippen molar-refractivity contribution in [3.05, 3.63) is 65.3 Å². The Kier molecular flexibility index (Phi) is 4.78. The highest BCUT2D eigenvalue weighted by Gasteiger charge is 2.58. The van der Waals surface area contributed by atoms with Crippen molar-refractivity contribution in [2.45, 2.75) is 73.1 Å². The minimum atomic E-state index is -0.0328. The number of allylic oxidation sites excluding steroid dienone is 6. The smallest absolute Gasteiger partial charge is 0.139 e. The molecule has 0 unspecified atom stereocenters. The van der Waals surface area contributed by atoms with E-state index in [1.54, 1.807) is 5.57 Å². The molecule has 3 fully saturated rings. The molecule has 1 aromatic rings. The van der Waals surface area contributed by atoms with Crippen molar-refractivity contribution in [3.8, 4) is 0 Å². The van der Waals surface area contributed by atoms with Crippen LogP contribution in [-0.4, -0.2) is 5.78 Å². The first-order valence-electron chi connectivity index (χ1n) is 12.4. The number of hydrogen-bond donors (Lipinski definition) is 0. The quantitative estimate of drug-likeness (QED) is 0.458. The van der Waals surface area contributed by atoms with E-state index in [1.165, 1.54) is 36.0 Å². The van der Waals surface area contributed by atoms with E-state index in [0.717, 1.165) is 19.3 Å². The summed E-state index contributed by atoms with van der Waals surface area (Å²) in [5.74, 6) is 2.55. The minimum Gasteiger partial charge on any atom is -0.299 e. The summed E-state index contributed by atoms with van der Waals surface area (Å²) in [6.07, 6.45) is 14.2. The molecule has 0 aliphatic heterocycles. The van der Waals surface area contributed by atoms with Gasteiger partial charge in [-0.3, -0.25) is 4.79 Å². The second-order valence-corrected chi connectivity index (χ2v) is 12.1. The second kappa shape index (κ2) is 7.06. The van der Waals surface area contributed by atoms with Crippen LogP contribution in [0.4, 0.5) is 0 Å². The molecule has 0 bridgehead atoms. The summed E-state index contributed by atoms with van der Waals surface area (Å²) >= 11 is 0. The molecule has 5 rings (SSSR count). The number of rotatable bonds is 1. The topological polar surface area (TPSA) is 17.1 Å². The molecule has 3 saturated carbocycles. The highest BCUT2D eigenvalue weighted by atomic mass is 16.1. The van der Waals surface area contributed by atoms with Gasteiger partial charge >= 0.3 is 0 Å². The van der Waals surface area contributed by atoms with Crippen molar-refractivity contribution >= 4 is 11.4 Å². The molecule has 5 atom stereocenters. The fourth-order valence-electron chi connectivity index (χ4n) is 7.79. The maximum absolute atomic E-state index is 12.7. The normalized spacial score (nSPS) is 38.8. The lowest BCUT2D eigenvalue weighted by molar-refractivity contribution is -0.131. The van der Waals surface area contributed by atoms with Crippen LogP contribution in [-0.2, 0) is 4.79 Å². The highest BCUT2D eigenvalue weighted by Crippen LogP contribution is 2.64. The summed E-state index contributed by atoms with van der Waals surface area (Å²) in [5, 5.41) is 0. The molecule has 1 nitrogen and oxygen atoms in total. The van der Waals surface area contributed by atoms with Crippen LogP contribution in [0, 0.1) is 34.0 Å². The summed E-state index contributed by atoms with van der Waals surface area (Å²) in [7, 11) is 0. The monoisotopic (exact) mass is 414 g/mol. The number of hydrogen-bond acceptors (Lipinski definition) is 1. The van der Waals surface area contributed by atoms with Gasteiger partial charge in [0.25, 0.3) is 0 Å². The molecule has 31 heavy (non-hydrogen) atoms. The Hall–Kier alpha value is -1.89. The van der Waals surface area contributed by atoms with E-state index in [-0.39, 0.29) is 16.2 Å². The Morgan fingerprint density at radius 3 is 2.42 bits per heavy atom. The molecule has 0 radical (unpaired) electrons. The van der Waals surface area contributed by atoms with Gasteiger partial charge in [0.05, 0.1) is 0 Å². The largest absolute Gasteiger partial charge is 0.299 e. The zero-order valence-corrected chi connectivity index (χ0v) is 20.0. The number of benzene rings is 1. The number of carbonyl (C=O) groups excluding carboxylic acids is 1. The first-order valence-corrected chi connectivity index (χ1v) is 12.4. The van der Waals surface area contributed by atoms with Crippen LogP contribution in [0.1, 0.15) is 78.7 Å². The predicted octanol–water partition coefficient (Wildman–Crippen LogP) is 7.79. The third kappa shape index (κ3) is 3.14. The van der Waals surface area contributed by atoms with Crippen molar-refractivity contribution in [2.24, 2.45) is 34.0 Å². The van der Waals surface area contributed by atoms with Gasteiger partial charge in [-0.25, -0.2) is 0 Å². The van der Waals surface area contributed by atoms with Gasteiger partial charge in [-0.05, 0) is 72.0 Å². The molecule has 4 aliphatic rings. The molecule has 0 saturated heterocycles. The van der Waals surface area contributed by atoms with E-state index >= 15 is 0 Å². The molecule has 0 amide bonds. The molecular weight excluding hydrogens is 376 g/mol. The lowest BCUT2D eigenvalue weighted by Crippen LogP contribution is -2.49. The van der Waals surface area contributed by atoms with E-state index in [0.29, 0.717) is 23.5 Å². The van der Waals surface area contributed by atoms with E-state index in [4.69, 9.17) is 0 Å². The average Bonchev–Trinajstić information content (AvgIpc) is 3.03. The molecule has 0 heterocycles. The van der Waals surface area contributed by atoms with E-state index < -0.39 is 0 Å². The average molecular weight is 415 g/mol. The first-order chi connectivity index (χ1) is 14.6. The Balaban J connectivity index is 1.54. The van der Waals surface area contributed by atoms with Crippen LogP contribution in [0.25, 0.3) is 5.57 Å². The molecule has 0 spiro atoms. The van der Waals surface area contributed by atoms with Gasteiger partial charge in [-0.2, -0.15) is 0 Å². The molecule has 1 aromatic carbocycles. The fraction of sp³-hybridized carbons (Fsp3) is 0.567. The van der Waals surface area contributed by atoms with Gasteiger partial charge in [-0.1, -0.05) is 88.8 Å². The predicted molar refractivity (Wildman–Crippen MR) is 129 cm³/mol. The molecule has 0 N–H and O–H groups in total. The second-order valence-electron chi connectivity index (χ2n) is 12.1. The van der Waals surface area contributed by atoms with Crippen molar-refractivity contribution in [1.29, 1.82) is 0 Å². The van der Waals surface area contributed by atoms with Gasteiger partial charge in [0, 0.05) is 17.3 Å². The summed E-state index contributed by atoms with van der Waals surface area (Å²) in [6, 6.07) is 10.9. The van der Waals surface area contributed by atoms with Crippen molar-refractivity contribution in [1.82, 2.24) is 0 Å². The molecule has 4 aliphatic carbocycles. The number of Topliss-reactive ketones (excluding diaryl/α,β-unsaturated/α-hetero) is 1. The lowest BCUT2D eigenvalue weighted by Gasteiger charge is -2.55. The number of carbonyl (C=O) groups is 1. The van der Waals surface area contributed by atoms with Crippen molar-refractivity contribution < 1.29 is 4.79 Å². The van der Waals surface area contributed by atoms with Crippen LogP contribution in [0.5, 0.6) is 0 Å². The van der Waals surface area contributed by atoms with E-state index in [2.05, 4.69) is 83.2 Å². The zero-order chi connectivity index (χ0) is 22.0. The summed E-state index contributed by atoms with van der Waals surface area (Å²) in [5.41, 5.74) is 5.99. The Bertz CT molecular complexity index is 985. The molecular formula is C30H38O. The standard InChI is InChI=1S/C30H38O/c1-28(2,3)27(20-9-7-6-8-10-20)21-15-17-29(4)22(19-21)11-12-23-24-13-14-26(31)30(24,5)18-16-25(23)29/h6-10,15,17,19,23-25H,11-14,16,18H2,1-5H3/b27-21+/t23-,24-,25-,29-,30-/m0/s1. The highest BCUT2D eigenvalue weighted by molar-refractivity contribution is 5.87. The summed E-state index contributed by atoms with van der Waals surface area (Å²) < 4.78 is 0. The van der Waals surface area contributed by atoms with Crippen LogP contribution in [0.15, 0.2) is 59.7 Å². The van der Waals surface area contributed by atoms with Crippen LogP contribution in [0.2, 0.25) is 0 Å². The van der Waals surface area contributed by atoms with Crippen LogP contribution in [0.3, 0.4) is 0 Å². The van der Waals surface area contributed by atoms with Crippen molar-refractivity contribution in [3.63, 3.8) is 0 Å². The first kappa shape index (κ1) is 21.0. The van der Waals surface area contributed by atoms with Gasteiger partial charge in [0.15, 0.2) is 0 Å². The number of ketones is 1. The SMILES string of the molecule is CC(C)(C)/C(=C1\C=C[C@@]2(C)C(=C1)CC[C@@H]1[C@@H]2CC[C@]2(C)C(=O)CC[C@@H]12)c1ccccc1. The Morgan fingerprint density at radius 1 is 0.968 bits per heavy atom. The molecule has 1 heteroatoms. The van der Waals surface area contributed by atoms with E-state index in [1.807, 2.05) is 0 Å². The van der Waals surface area contributed by atoms with Crippen molar-refractivity contribution in [2.75, 3.05) is 0 Å². The lowest BCUT2D eigenvalue weighted by atomic mass is 9.48. The summed E-state index contributed by atoms with van der Waals surface area (Å²) in [6.45, 7) is 11.8. The zero-order valence-electron chi connectivity index (χ0n) is 20.0. The van der Waals surface area contributed by atoms with Gasteiger partial charge in [0.1, 0.15) is 5.78 Å². The Morgan fingerprint density at radius 2 is 1.71 bits per heavy atom. The maximum atomic E-state index is 12.7. The third-order valence-electron chi connectivity index (χ3n) is 9.40. The van der Waals surface area contributed by atoms with Gasteiger partial charge in [0.2, 0.25) is 0 Å². The van der Waals surface area contributed by atoms with Crippen LogP contribution >= 0.6 is 0 Å². The third-order valence-corrected chi connectivity index (χ3v) is 9.40. The fourth-order valence-corrected chi connectivity index (χ4v) is 7.79. The van der Waals surface area contributed by atoms with E-state index in [9.17, 15) is 4.79 Å². The number of fused-ring (bicyclic) bond motifs is 5. The Labute approximate surface area is 188 Å². The summed E-state index contributed by atoms with van der Waals surface area (Å²) in [4.78, 5) is 12.7. The molecule has 164 valence electrons. The van der Waals surface area contributed by atoms with Gasteiger partial charge < -0.3 is 0 Å². The van der Waals surface area contributed by atoms with Crippen LogP contribution < -0.4 is 0 Å². The minimum absolute atomic E-state index is 0.0328. The van der Waals surface area contributed by atoms with Gasteiger partial charge in [-0.15, -0.1) is 0 Å². The molecule has 0 aromatic heterocycles.